The van der Waals surface area contributed by atoms with Gasteiger partial charge in [-0.15, -0.1) is 0 Å². The molecular formula is C21H20O10. The number of methoxy groups -OCH3 is 1. The molecule has 0 saturated heterocycles. The van der Waals surface area contributed by atoms with E-state index in [1.54, 1.807) is 0 Å². The molecule has 1 unspecified atom stereocenters. The van der Waals surface area contributed by atoms with Crippen LogP contribution in [0.3, 0.4) is 0 Å². The summed E-state index contributed by atoms with van der Waals surface area (Å²) in [6.45, 7) is 0. The molecule has 0 amide bonds. The molecule has 5 N–H and O–H groups in total. The summed E-state index contributed by atoms with van der Waals surface area (Å²) < 4.78 is 9.63. The van der Waals surface area contributed by atoms with Crippen molar-refractivity contribution in [3.8, 4) is 17.2 Å². The third-order valence-corrected chi connectivity index (χ3v) is 4.29. The van der Waals surface area contributed by atoms with Crippen LogP contribution in [0.15, 0.2) is 48.5 Å². The lowest BCUT2D eigenvalue weighted by Crippen LogP contribution is -2.56. The number of hydrogen-bond donors (Lipinski definition) is 5. The molecule has 164 valence electrons. The zero-order valence-electron chi connectivity index (χ0n) is 16.3. The van der Waals surface area contributed by atoms with Crippen LogP contribution < -0.4 is 4.74 Å². The molecule has 0 saturated carbocycles. The predicted octanol–water partition coefficient (Wildman–Crippen LogP) is 1.17. The lowest BCUT2D eigenvalue weighted by molar-refractivity contribution is -0.192. The van der Waals surface area contributed by atoms with Crippen LogP contribution in [-0.2, 0) is 25.5 Å². The Labute approximate surface area is 176 Å². The summed E-state index contributed by atoms with van der Waals surface area (Å²) >= 11 is 0. The van der Waals surface area contributed by atoms with Gasteiger partial charge in [0.1, 0.15) is 5.75 Å². The van der Waals surface area contributed by atoms with E-state index in [0.29, 0.717) is 5.56 Å². The first-order valence-corrected chi connectivity index (χ1v) is 8.79. The maximum atomic E-state index is 12.1. The van der Waals surface area contributed by atoms with Crippen molar-refractivity contribution >= 4 is 24.0 Å². The summed E-state index contributed by atoms with van der Waals surface area (Å²) in [5.74, 6) is -5.12. The minimum Gasteiger partial charge on any atom is -0.508 e. The molecule has 0 bridgehead atoms. The maximum absolute atomic E-state index is 12.1. The minimum atomic E-state index is -2.98. The summed E-state index contributed by atoms with van der Waals surface area (Å²) in [6.07, 6.45) is -1.12. The van der Waals surface area contributed by atoms with Crippen LogP contribution in [0.25, 0.3) is 6.08 Å². The van der Waals surface area contributed by atoms with Gasteiger partial charge in [-0.25, -0.2) is 14.4 Å². The summed E-state index contributed by atoms with van der Waals surface area (Å²) in [5, 5.41) is 48.5. The Hall–Kier alpha value is -4.05. The standard InChI is InChI=1S/C21H20O10/c1-30-16-8-4-12(10-15(16)23)5-9-17(24)31-18(19(25)26)21(29,20(27)28)11-13-2-6-14(22)7-3-13/h2-10,18,22-23,29H,11H2,1H3,(H,25,26)(H,27,28)/b9-5+/t18-,21?/m1/s1. The van der Waals surface area contributed by atoms with Gasteiger partial charge in [-0.2, -0.15) is 0 Å². The largest absolute Gasteiger partial charge is 0.508 e. The summed E-state index contributed by atoms with van der Waals surface area (Å²) in [7, 11) is 1.36. The molecule has 10 nitrogen and oxygen atoms in total. The van der Waals surface area contributed by atoms with Gasteiger partial charge < -0.3 is 35.0 Å². The van der Waals surface area contributed by atoms with Gasteiger partial charge in [0.2, 0.25) is 11.7 Å². The van der Waals surface area contributed by atoms with Gasteiger partial charge in [0.25, 0.3) is 0 Å². The molecule has 31 heavy (non-hydrogen) atoms. The third kappa shape index (κ3) is 5.73. The van der Waals surface area contributed by atoms with E-state index in [1.807, 2.05) is 0 Å². The Morgan fingerprint density at radius 1 is 1.06 bits per heavy atom. The molecular weight excluding hydrogens is 412 g/mol. The van der Waals surface area contributed by atoms with E-state index >= 15 is 0 Å². The first-order chi connectivity index (χ1) is 14.6. The minimum absolute atomic E-state index is 0.112. The number of carbonyl (C=O) groups excluding carboxylic acids is 1. The van der Waals surface area contributed by atoms with Gasteiger partial charge >= 0.3 is 17.9 Å². The van der Waals surface area contributed by atoms with E-state index in [9.17, 15) is 39.9 Å². The van der Waals surface area contributed by atoms with Gasteiger partial charge in [-0.05, 0) is 41.5 Å². The number of esters is 1. The number of carboxylic acid groups (broad SMARTS) is 2. The highest BCUT2D eigenvalue weighted by Crippen LogP contribution is 2.27. The van der Waals surface area contributed by atoms with E-state index in [1.165, 1.54) is 55.7 Å². The number of phenolic OH excluding ortho intramolecular Hbond substituents is 2. The van der Waals surface area contributed by atoms with Crippen LogP contribution in [0.1, 0.15) is 11.1 Å². The van der Waals surface area contributed by atoms with Crippen molar-refractivity contribution in [1.29, 1.82) is 0 Å². The number of benzene rings is 2. The molecule has 0 aliphatic rings. The van der Waals surface area contributed by atoms with E-state index in [2.05, 4.69) is 0 Å². The lowest BCUT2D eigenvalue weighted by Gasteiger charge is -2.29. The zero-order chi connectivity index (χ0) is 23.2. The number of carbonyl (C=O) groups is 3. The number of aliphatic carboxylic acids is 2. The number of hydrogen-bond acceptors (Lipinski definition) is 8. The fourth-order valence-corrected chi connectivity index (χ4v) is 2.69. The first kappa shape index (κ1) is 23.2. The van der Waals surface area contributed by atoms with Crippen molar-refractivity contribution in [2.45, 2.75) is 18.1 Å². The normalized spacial score (nSPS) is 13.9. The average Bonchev–Trinajstić information content (AvgIpc) is 2.71. The van der Waals surface area contributed by atoms with Crippen LogP contribution in [0.4, 0.5) is 0 Å². The first-order valence-electron chi connectivity index (χ1n) is 8.79. The van der Waals surface area contributed by atoms with Gasteiger partial charge in [0.15, 0.2) is 11.5 Å². The molecule has 0 radical (unpaired) electrons. The topological polar surface area (TPSA) is 171 Å². The average molecular weight is 432 g/mol. The maximum Gasteiger partial charge on any atom is 0.348 e. The molecule has 0 spiro atoms. The number of phenols is 2. The highest BCUT2D eigenvalue weighted by atomic mass is 16.6. The van der Waals surface area contributed by atoms with Crippen molar-refractivity contribution in [1.82, 2.24) is 0 Å². The highest BCUT2D eigenvalue weighted by Gasteiger charge is 2.51. The van der Waals surface area contributed by atoms with Crippen LogP contribution in [0.5, 0.6) is 17.2 Å². The lowest BCUT2D eigenvalue weighted by atomic mass is 9.88. The number of ether oxygens (including phenoxy) is 2. The van der Waals surface area contributed by atoms with E-state index in [0.717, 1.165) is 6.08 Å². The Morgan fingerprint density at radius 3 is 2.23 bits per heavy atom. The molecule has 2 aromatic rings. The van der Waals surface area contributed by atoms with Gasteiger partial charge in [0.05, 0.1) is 7.11 Å². The molecule has 0 aliphatic carbocycles. The molecule has 10 heteroatoms. The monoisotopic (exact) mass is 432 g/mol. The second-order valence-electron chi connectivity index (χ2n) is 6.49. The van der Waals surface area contributed by atoms with Crippen molar-refractivity contribution in [3.63, 3.8) is 0 Å². The molecule has 0 aromatic heterocycles. The van der Waals surface area contributed by atoms with Gasteiger partial charge in [0, 0.05) is 12.5 Å². The van der Waals surface area contributed by atoms with Crippen LogP contribution >= 0.6 is 0 Å². The van der Waals surface area contributed by atoms with Crippen molar-refractivity contribution in [2.24, 2.45) is 0 Å². The molecule has 2 rings (SSSR count). The molecule has 2 atom stereocenters. The molecule has 0 heterocycles. The Morgan fingerprint density at radius 2 is 1.71 bits per heavy atom. The van der Waals surface area contributed by atoms with Crippen LogP contribution in [0, 0.1) is 0 Å². The van der Waals surface area contributed by atoms with E-state index in [-0.39, 0.29) is 22.8 Å². The summed E-state index contributed by atoms with van der Waals surface area (Å²) in [5.41, 5.74) is -2.45. The SMILES string of the molecule is COc1ccc(/C=C/C(=O)O[C@H](C(=O)O)C(O)(Cc2ccc(O)cc2)C(=O)O)cc1O. The predicted molar refractivity (Wildman–Crippen MR) is 106 cm³/mol. The second kappa shape index (κ2) is 9.63. The smallest absolute Gasteiger partial charge is 0.348 e. The molecule has 0 fully saturated rings. The Kier molecular flexibility index (Phi) is 7.22. The Balaban J connectivity index is 2.23. The summed E-state index contributed by atoms with van der Waals surface area (Å²) in [6, 6.07) is 9.24. The fraction of sp³-hybridized carbons (Fsp3) is 0.190. The van der Waals surface area contributed by atoms with E-state index in [4.69, 9.17) is 9.47 Å². The van der Waals surface area contributed by atoms with Crippen LogP contribution in [0.2, 0.25) is 0 Å². The summed E-state index contributed by atoms with van der Waals surface area (Å²) in [4.78, 5) is 35.4. The van der Waals surface area contributed by atoms with Crippen LogP contribution in [-0.4, -0.2) is 62.3 Å². The second-order valence-corrected chi connectivity index (χ2v) is 6.49. The van der Waals surface area contributed by atoms with Gasteiger partial charge in [-0.1, -0.05) is 18.2 Å². The quantitative estimate of drug-likeness (QED) is 0.286. The third-order valence-electron chi connectivity index (χ3n) is 4.29. The van der Waals surface area contributed by atoms with Crippen molar-refractivity contribution in [2.75, 3.05) is 7.11 Å². The number of aromatic hydroxyl groups is 2. The van der Waals surface area contributed by atoms with E-state index < -0.39 is 36.0 Å². The Bertz CT molecular complexity index is 996. The highest BCUT2D eigenvalue weighted by molar-refractivity contribution is 5.93. The fourth-order valence-electron chi connectivity index (χ4n) is 2.69. The van der Waals surface area contributed by atoms with Gasteiger partial charge in [-0.3, -0.25) is 0 Å². The molecule has 2 aromatic carbocycles. The van der Waals surface area contributed by atoms with Crippen molar-refractivity contribution in [3.05, 3.63) is 59.7 Å². The number of aliphatic hydroxyl groups is 1. The number of carboxylic acids is 2. The zero-order valence-corrected chi connectivity index (χ0v) is 16.3. The number of rotatable bonds is 9. The van der Waals surface area contributed by atoms with Crippen molar-refractivity contribution < 1.29 is 49.4 Å². The molecule has 0 aliphatic heterocycles.